The van der Waals surface area contributed by atoms with Gasteiger partial charge in [-0.25, -0.2) is 0 Å². The molecule has 0 atom stereocenters. The van der Waals surface area contributed by atoms with Crippen molar-refractivity contribution in [2.24, 2.45) is 0 Å². The van der Waals surface area contributed by atoms with Crippen molar-refractivity contribution in [3.05, 3.63) is 46.8 Å². The zero-order valence-corrected chi connectivity index (χ0v) is 11.6. The second-order valence-electron chi connectivity index (χ2n) is 4.42. The Balaban J connectivity index is 2.29. The zero-order chi connectivity index (χ0) is 14.7. The Hall–Kier alpha value is -2.63. The molecule has 0 spiro atoms. The van der Waals surface area contributed by atoms with Crippen LogP contribution < -0.4 is 10.6 Å². The molecule has 6 nitrogen and oxygen atoms in total. The first-order valence-electron chi connectivity index (χ1n) is 6.17. The number of amides is 2. The van der Waals surface area contributed by atoms with E-state index in [1.54, 1.807) is 39.1 Å². The molecule has 2 amide bonds. The normalized spacial score (nSPS) is 10.2. The molecule has 0 bridgehead atoms. The van der Waals surface area contributed by atoms with Gasteiger partial charge >= 0.3 is 0 Å². The van der Waals surface area contributed by atoms with Gasteiger partial charge in [-0.05, 0) is 31.5 Å². The van der Waals surface area contributed by atoms with Gasteiger partial charge in [-0.3, -0.25) is 14.7 Å². The molecule has 1 heterocycles. The van der Waals surface area contributed by atoms with Gasteiger partial charge in [0.2, 0.25) is 0 Å². The highest BCUT2D eigenvalue weighted by Crippen LogP contribution is 2.20. The van der Waals surface area contributed by atoms with Gasteiger partial charge < -0.3 is 10.6 Å². The number of carbonyl (C=O) groups excluding carboxylic acids is 2. The number of H-pyrrole nitrogens is 1. The maximum atomic E-state index is 12.1. The topological polar surface area (TPSA) is 86.9 Å². The molecule has 6 heteroatoms. The van der Waals surface area contributed by atoms with Crippen LogP contribution in [0.2, 0.25) is 0 Å². The summed E-state index contributed by atoms with van der Waals surface area (Å²) in [7, 11) is 1.57. The lowest BCUT2D eigenvalue weighted by atomic mass is 10.1. The number of aromatic amines is 1. The van der Waals surface area contributed by atoms with E-state index >= 15 is 0 Å². The average Bonchev–Trinajstić information content (AvgIpc) is 2.86. The fourth-order valence-electron chi connectivity index (χ4n) is 1.92. The Morgan fingerprint density at radius 1 is 1.15 bits per heavy atom. The van der Waals surface area contributed by atoms with Crippen molar-refractivity contribution in [2.75, 3.05) is 12.4 Å². The van der Waals surface area contributed by atoms with Crippen molar-refractivity contribution < 1.29 is 9.59 Å². The van der Waals surface area contributed by atoms with Crippen LogP contribution in [0.25, 0.3) is 0 Å². The SMILES string of the molecule is CNC(=O)c1cccc(NC(=O)c2cn[nH]c2C)c1C. The van der Waals surface area contributed by atoms with E-state index < -0.39 is 0 Å². The molecule has 0 saturated heterocycles. The van der Waals surface area contributed by atoms with Crippen LogP contribution in [-0.2, 0) is 0 Å². The summed E-state index contributed by atoms with van der Waals surface area (Å²) in [6.45, 7) is 3.57. The number of nitrogens with zero attached hydrogens (tertiary/aromatic N) is 1. The third kappa shape index (κ3) is 2.54. The molecule has 1 aromatic carbocycles. The highest BCUT2D eigenvalue weighted by Gasteiger charge is 2.15. The predicted molar refractivity (Wildman–Crippen MR) is 75.8 cm³/mol. The van der Waals surface area contributed by atoms with Crippen molar-refractivity contribution in [1.29, 1.82) is 0 Å². The second kappa shape index (κ2) is 5.56. The monoisotopic (exact) mass is 272 g/mol. The number of anilines is 1. The van der Waals surface area contributed by atoms with Crippen LogP contribution in [0.1, 0.15) is 32.0 Å². The molecule has 0 radical (unpaired) electrons. The van der Waals surface area contributed by atoms with E-state index in [9.17, 15) is 9.59 Å². The van der Waals surface area contributed by atoms with E-state index in [2.05, 4.69) is 20.8 Å². The molecule has 0 fully saturated rings. The second-order valence-corrected chi connectivity index (χ2v) is 4.42. The average molecular weight is 272 g/mol. The van der Waals surface area contributed by atoms with E-state index in [1.807, 2.05) is 0 Å². The minimum Gasteiger partial charge on any atom is -0.355 e. The van der Waals surface area contributed by atoms with Gasteiger partial charge in [0.25, 0.3) is 11.8 Å². The van der Waals surface area contributed by atoms with Crippen LogP contribution in [0.15, 0.2) is 24.4 Å². The lowest BCUT2D eigenvalue weighted by Gasteiger charge is -2.11. The van der Waals surface area contributed by atoms with Crippen molar-refractivity contribution in [3.8, 4) is 0 Å². The van der Waals surface area contributed by atoms with E-state index in [0.29, 0.717) is 22.5 Å². The van der Waals surface area contributed by atoms with Crippen molar-refractivity contribution in [2.45, 2.75) is 13.8 Å². The fraction of sp³-hybridized carbons (Fsp3) is 0.214. The molecule has 0 aliphatic heterocycles. The van der Waals surface area contributed by atoms with Crippen LogP contribution in [-0.4, -0.2) is 29.1 Å². The minimum atomic E-state index is -0.256. The summed E-state index contributed by atoms with van der Waals surface area (Å²) in [5.74, 6) is -0.438. The molecule has 2 aromatic rings. The molecule has 20 heavy (non-hydrogen) atoms. The van der Waals surface area contributed by atoms with Crippen LogP contribution in [0.4, 0.5) is 5.69 Å². The third-order valence-electron chi connectivity index (χ3n) is 3.13. The van der Waals surface area contributed by atoms with Gasteiger partial charge in [-0.15, -0.1) is 0 Å². The number of benzene rings is 1. The van der Waals surface area contributed by atoms with Gasteiger partial charge in [0.05, 0.1) is 11.8 Å². The lowest BCUT2D eigenvalue weighted by molar-refractivity contribution is 0.0960. The number of rotatable bonds is 3. The van der Waals surface area contributed by atoms with Gasteiger partial charge in [0, 0.05) is 24.0 Å². The quantitative estimate of drug-likeness (QED) is 0.793. The van der Waals surface area contributed by atoms with Gasteiger partial charge in [0.15, 0.2) is 0 Å². The molecule has 2 rings (SSSR count). The van der Waals surface area contributed by atoms with E-state index in [0.717, 1.165) is 5.56 Å². The molecular formula is C14H16N4O2. The number of nitrogens with one attached hydrogen (secondary N) is 3. The third-order valence-corrected chi connectivity index (χ3v) is 3.13. The summed E-state index contributed by atoms with van der Waals surface area (Å²) < 4.78 is 0. The smallest absolute Gasteiger partial charge is 0.259 e. The largest absolute Gasteiger partial charge is 0.355 e. The number of carbonyl (C=O) groups is 2. The molecule has 0 aliphatic carbocycles. The fourth-order valence-corrected chi connectivity index (χ4v) is 1.92. The van der Waals surface area contributed by atoms with Crippen LogP contribution in [0, 0.1) is 13.8 Å². The number of aromatic nitrogens is 2. The highest BCUT2D eigenvalue weighted by molar-refractivity contribution is 6.06. The van der Waals surface area contributed by atoms with Gasteiger partial charge in [-0.2, -0.15) is 5.10 Å². The summed E-state index contributed by atoms with van der Waals surface area (Å²) in [6, 6.07) is 5.21. The minimum absolute atomic E-state index is 0.182. The number of hydrogen-bond acceptors (Lipinski definition) is 3. The van der Waals surface area contributed by atoms with E-state index in [1.165, 1.54) is 6.20 Å². The first kappa shape index (κ1) is 13.8. The zero-order valence-electron chi connectivity index (χ0n) is 11.6. The van der Waals surface area contributed by atoms with Crippen molar-refractivity contribution in [3.63, 3.8) is 0 Å². The lowest BCUT2D eigenvalue weighted by Crippen LogP contribution is -2.20. The Morgan fingerprint density at radius 3 is 2.50 bits per heavy atom. The van der Waals surface area contributed by atoms with Crippen molar-refractivity contribution >= 4 is 17.5 Å². The Kier molecular flexibility index (Phi) is 3.84. The van der Waals surface area contributed by atoms with Crippen LogP contribution in [0.5, 0.6) is 0 Å². The van der Waals surface area contributed by atoms with Crippen molar-refractivity contribution in [1.82, 2.24) is 15.5 Å². The standard InChI is InChI=1S/C14H16N4O2/c1-8-10(13(19)15-3)5-4-6-12(8)17-14(20)11-7-16-18-9(11)2/h4-7H,1-3H3,(H,15,19)(H,16,18)(H,17,20). The van der Waals surface area contributed by atoms with E-state index in [4.69, 9.17) is 0 Å². The first-order valence-corrected chi connectivity index (χ1v) is 6.17. The number of aryl methyl sites for hydroxylation is 1. The number of hydrogen-bond donors (Lipinski definition) is 3. The molecule has 1 aromatic heterocycles. The molecule has 0 unspecified atom stereocenters. The molecule has 0 saturated carbocycles. The summed E-state index contributed by atoms with van der Waals surface area (Å²) in [5, 5.41) is 11.9. The summed E-state index contributed by atoms with van der Waals surface area (Å²) in [4.78, 5) is 23.8. The predicted octanol–water partition coefficient (Wildman–Crippen LogP) is 1.64. The van der Waals surface area contributed by atoms with Crippen LogP contribution >= 0.6 is 0 Å². The van der Waals surface area contributed by atoms with Gasteiger partial charge in [-0.1, -0.05) is 6.07 Å². The highest BCUT2D eigenvalue weighted by atomic mass is 16.2. The summed E-state index contributed by atoms with van der Waals surface area (Å²) in [5.41, 5.74) is 3.05. The first-order chi connectivity index (χ1) is 9.54. The summed E-state index contributed by atoms with van der Waals surface area (Å²) >= 11 is 0. The maximum Gasteiger partial charge on any atom is 0.259 e. The molecule has 3 N–H and O–H groups in total. The molecule has 104 valence electrons. The molecular weight excluding hydrogens is 256 g/mol. The molecule has 0 aliphatic rings. The van der Waals surface area contributed by atoms with Gasteiger partial charge in [0.1, 0.15) is 0 Å². The van der Waals surface area contributed by atoms with Crippen LogP contribution in [0.3, 0.4) is 0 Å². The Labute approximate surface area is 116 Å². The Morgan fingerprint density at radius 2 is 1.90 bits per heavy atom. The summed E-state index contributed by atoms with van der Waals surface area (Å²) in [6.07, 6.45) is 1.47. The van der Waals surface area contributed by atoms with E-state index in [-0.39, 0.29) is 11.8 Å². The maximum absolute atomic E-state index is 12.1. The Bertz CT molecular complexity index is 661.